The Labute approximate surface area is 410 Å². The average molecular weight is 973 g/mol. The van der Waals surface area contributed by atoms with E-state index in [2.05, 4.69) is 32.7 Å². The first-order chi connectivity index (χ1) is 33.9. The number of esters is 1. The van der Waals surface area contributed by atoms with E-state index >= 15 is 0 Å². The third-order valence-electron chi connectivity index (χ3n) is 11.7. The van der Waals surface area contributed by atoms with Gasteiger partial charge in [0.15, 0.2) is 0 Å². The topological polar surface area (TPSA) is 247 Å². The van der Waals surface area contributed by atoms with Crippen molar-refractivity contribution in [3.05, 3.63) is 82.5 Å². The first-order valence-electron chi connectivity index (χ1n) is 23.3. The predicted octanol–water partition coefficient (Wildman–Crippen LogP) is 6.51. The van der Waals surface area contributed by atoms with Crippen LogP contribution in [0.4, 0.5) is 16.7 Å². The van der Waals surface area contributed by atoms with Gasteiger partial charge in [0.25, 0.3) is 11.8 Å². The summed E-state index contributed by atoms with van der Waals surface area (Å²) in [5.41, 5.74) is 9.19. The lowest BCUT2D eigenvalue weighted by atomic mass is 9.94. The highest BCUT2D eigenvalue weighted by molar-refractivity contribution is 6.05. The molecule has 0 aliphatic carbocycles. The maximum atomic E-state index is 13.9. The van der Waals surface area contributed by atoms with Crippen molar-refractivity contribution in [2.45, 2.75) is 99.5 Å². The van der Waals surface area contributed by atoms with E-state index in [1.54, 1.807) is 61.5 Å². The summed E-state index contributed by atoms with van der Waals surface area (Å²) in [5, 5.41) is 14.7. The van der Waals surface area contributed by atoms with Crippen molar-refractivity contribution in [3.63, 3.8) is 0 Å². The van der Waals surface area contributed by atoms with Gasteiger partial charge in [0, 0.05) is 51.3 Å². The second-order valence-corrected chi connectivity index (χ2v) is 17.9. The summed E-state index contributed by atoms with van der Waals surface area (Å²) in [6.45, 7) is 15.2. The third-order valence-corrected chi connectivity index (χ3v) is 11.7. The number of aromatic nitrogens is 8. The first kappa shape index (κ1) is 50.7. The highest BCUT2D eigenvalue weighted by Gasteiger charge is 2.27. The quantitative estimate of drug-likeness (QED) is 0.0533. The summed E-state index contributed by atoms with van der Waals surface area (Å²) in [6, 6.07) is 9.52. The lowest BCUT2D eigenvalue weighted by Gasteiger charge is -2.32. The predicted molar refractivity (Wildman–Crippen MR) is 265 cm³/mol. The Kier molecular flexibility index (Phi) is 15.5. The number of hydrogen-bond donors (Lipinski definition) is 3. The molecular weight excluding hydrogens is 913 g/mol. The first-order valence-corrected chi connectivity index (χ1v) is 23.3. The second kappa shape index (κ2) is 21.6. The smallest absolute Gasteiger partial charge is 0.410 e. The molecule has 1 fully saturated rings. The molecule has 7 rings (SSSR count). The van der Waals surface area contributed by atoms with E-state index in [0.29, 0.717) is 89.1 Å². The molecule has 1 aliphatic heterocycles. The van der Waals surface area contributed by atoms with Crippen LogP contribution in [-0.2, 0) is 35.7 Å². The molecule has 0 saturated carbocycles. The van der Waals surface area contributed by atoms with Crippen LogP contribution in [0.3, 0.4) is 0 Å². The number of nitrogens with two attached hydrogens (primary N) is 1. The number of likely N-dealkylation sites (tertiary alicyclic amines) is 1. The van der Waals surface area contributed by atoms with Crippen LogP contribution in [0, 0.1) is 31.6 Å². The highest BCUT2D eigenvalue weighted by atomic mass is 16.6. The third kappa shape index (κ3) is 11.7. The van der Waals surface area contributed by atoms with Crippen molar-refractivity contribution in [3.8, 4) is 23.3 Å². The van der Waals surface area contributed by atoms with Gasteiger partial charge in [-0.2, -0.15) is 10.2 Å². The minimum absolute atomic E-state index is 0.0356. The van der Waals surface area contributed by atoms with Crippen LogP contribution in [0.15, 0.2) is 48.6 Å². The Bertz CT molecular complexity index is 3100. The van der Waals surface area contributed by atoms with Crippen LogP contribution in [-0.4, -0.2) is 113 Å². The second-order valence-electron chi connectivity index (χ2n) is 17.9. The molecule has 2 aromatic carbocycles. The zero-order valence-electron chi connectivity index (χ0n) is 41.5. The van der Waals surface area contributed by atoms with Crippen molar-refractivity contribution in [1.29, 1.82) is 0 Å². The molecule has 374 valence electrons. The van der Waals surface area contributed by atoms with Crippen molar-refractivity contribution in [2.75, 3.05) is 44.5 Å². The van der Waals surface area contributed by atoms with Gasteiger partial charge in [0.2, 0.25) is 17.8 Å². The lowest BCUT2D eigenvalue weighted by Crippen LogP contribution is -2.41. The van der Waals surface area contributed by atoms with Crippen molar-refractivity contribution < 1.29 is 42.9 Å². The van der Waals surface area contributed by atoms with Gasteiger partial charge in [0.05, 0.1) is 42.2 Å². The number of imidazole rings is 2. The monoisotopic (exact) mass is 972 g/mol. The highest BCUT2D eigenvalue weighted by Crippen LogP contribution is 2.33. The average Bonchev–Trinajstić information content (AvgIpc) is 4.11. The normalized spacial score (nSPS) is 13.1. The molecule has 0 bridgehead atoms. The fraction of sp³-hybridized carbons (Fsp3) is 0.420. The SMILES string of the molecule is CCn1nc(C)cc1C(=O)Nc1nc2cc(C(=O)OC)cc(OC)c2n1C/C=C/Cn1c(NC(=O)c2cc(C)nn2CC)nc2cc(C(N)=O)cc(OCC#CCC3CCN(C(=O)OC(C)(C)C)CC3)c21. The number of rotatable bonds is 16. The molecule has 4 amide bonds. The van der Waals surface area contributed by atoms with Gasteiger partial charge in [-0.3, -0.25) is 34.4 Å². The number of hydrogen-bond acceptors (Lipinski definition) is 13. The molecule has 5 heterocycles. The van der Waals surface area contributed by atoms with Crippen LogP contribution in [0.2, 0.25) is 0 Å². The number of anilines is 2. The largest absolute Gasteiger partial charge is 0.494 e. The number of nitrogens with one attached hydrogen (secondary N) is 2. The number of nitrogens with zero attached hydrogens (tertiary/aromatic N) is 9. The molecule has 0 spiro atoms. The summed E-state index contributed by atoms with van der Waals surface area (Å²) in [6.07, 6.45) is 5.54. The molecule has 1 aliphatic rings. The van der Waals surface area contributed by atoms with Gasteiger partial charge in [-0.25, -0.2) is 19.6 Å². The van der Waals surface area contributed by atoms with E-state index in [4.69, 9.17) is 34.6 Å². The fourth-order valence-corrected chi connectivity index (χ4v) is 8.31. The van der Waals surface area contributed by atoms with Gasteiger partial charge in [0.1, 0.15) is 46.1 Å². The lowest BCUT2D eigenvalue weighted by molar-refractivity contribution is 0.0185. The molecule has 4 N–H and O–H groups in total. The summed E-state index contributed by atoms with van der Waals surface area (Å²) >= 11 is 0. The standard InChI is InChI=1S/C50H60N12O9/c1-10-61-37(24-30(3)56-61)44(64)54-47-53-36-27-34(46(66)69-9)29-39(68-8)41(36)59(47)19-13-14-20-60-42-35(52-48(60)55-45(65)38-25-31(4)57-62(38)11-2)26-33(43(51)63)28-40(42)70-23-15-12-16-32-17-21-58(22-18-32)49(67)71-50(5,6)7/h13-14,24-29,32H,10-11,16-23H2,1-9H3,(H2,51,63)(H,52,55,65)(H,53,54,64)/b14-13+. The molecule has 0 unspecified atom stereocenters. The Morgan fingerprint density at radius 3 is 1.77 bits per heavy atom. The van der Waals surface area contributed by atoms with Crippen LogP contribution >= 0.6 is 0 Å². The van der Waals surface area contributed by atoms with E-state index in [0.717, 1.165) is 12.8 Å². The molecule has 0 radical (unpaired) electrons. The summed E-state index contributed by atoms with van der Waals surface area (Å²) < 4.78 is 29.2. The van der Waals surface area contributed by atoms with Crippen LogP contribution in [0.1, 0.15) is 107 Å². The molecular formula is C50H60N12O9. The van der Waals surface area contributed by atoms with Crippen LogP contribution < -0.4 is 25.8 Å². The number of fused-ring (bicyclic) bond motifs is 2. The number of aryl methyl sites for hydroxylation is 4. The number of amides is 4. The minimum Gasteiger partial charge on any atom is -0.494 e. The summed E-state index contributed by atoms with van der Waals surface area (Å²) in [4.78, 5) is 76.8. The van der Waals surface area contributed by atoms with Gasteiger partial charge in [-0.15, -0.1) is 0 Å². The maximum absolute atomic E-state index is 13.9. The van der Waals surface area contributed by atoms with E-state index < -0.39 is 29.3 Å². The number of carbonyl (C=O) groups is 5. The van der Waals surface area contributed by atoms with E-state index in [1.807, 2.05) is 46.8 Å². The summed E-state index contributed by atoms with van der Waals surface area (Å²) in [7, 11) is 2.74. The fourth-order valence-electron chi connectivity index (χ4n) is 8.31. The number of carbonyl (C=O) groups excluding carboxylic acids is 5. The Hall–Kier alpha value is -8.15. The Balaban J connectivity index is 1.20. The number of benzene rings is 2. The van der Waals surface area contributed by atoms with Crippen molar-refractivity contribution in [2.24, 2.45) is 11.7 Å². The molecule has 71 heavy (non-hydrogen) atoms. The van der Waals surface area contributed by atoms with Crippen molar-refractivity contribution in [1.82, 2.24) is 43.6 Å². The van der Waals surface area contributed by atoms with Crippen LogP contribution in [0.25, 0.3) is 22.1 Å². The molecule has 6 aromatic rings. The van der Waals surface area contributed by atoms with E-state index in [1.165, 1.54) is 26.4 Å². The van der Waals surface area contributed by atoms with Gasteiger partial charge < -0.3 is 38.7 Å². The molecule has 1 saturated heterocycles. The van der Waals surface area contributed by atoms with E-state index in [9.17, 15) is 24.0 Å². The molecule has 0 atom stereocenters. The minimum atomic E-state index is -0.707. The summed E-state index contributed by atoms with van der Waals surface area (Å²) in [5.74, 6) is 5.28. The Morgan fingerprint density at radius 1 is 0.761 bits per heavy atom. The number of primary amides is 1. The molecule has 21 nitrogen and oxygen atoms in total. The Morgan fingerprint density at radius 2 is 1.28 bits per heavy atom. The zero-order chi connectivity index (χ0) is 51.1. The maximum Gasteiger partial charge on any atom is 0.410 e. The molecule has 4 aromatic heterocycles. The number of ether oxygens (including phenoxy) is 4. The zero-order valence-corrected chi connectivity index (χ0v) is 41.5. The van der Waals surface area contributed by atoms with Crippen molar-refractivity contribution >= 4 is 63.7 Å². The number of allylic oxidation sites excluding steroid dienone is 2. The number of methoxy groups -OCH3 is 2. The number of piperidine rings is 1. The van der Waals surface area contributed by atoms with Gasteiger partial charge >= 0.3 is 12.1 Å². The van der Waals surface area contributed by atoms with Crippen LogP contribution in [0.5, 0.6) is 11.5 Å². The van der Waals surface area contributed by atoms with E-state index in [-0.39, 0.29) is 54.6 Å². The van der Waals surface area contributed by atoms with Gasteiger partial charge in [-0.1, -0.05) is 24.0 Å². The molecule has 21 heteroatoms. The van der Waals surface area contributed by atoms with Gasteiger partial charge in [-0.05, 0) is 104 Å².